The molecule has 0 saturated heterocycles. The third-order valence-corrected chi connectivity index (χ3v) is 5.22. The van der Waals surface area contributed by atoms with Gasteiger partial charge in [-0.3, -0.25) is 0 Å². The Labute approximate surface area is 120 Å². The quantitative estimate of drug-likeness (QED) is 0.922. The van der Waals surface area contributed by atoms with Crippen LogP contribution in [0.25, 0.3) is 10.9 Å². The Morgan fingerprint density at radius 1 is 1.30 bits per heavy atom. The van der Waals surface area contributed by atoms with Gasteiger partial charge in [0.15, 0.2) is 9.84 Å². The topological polar surface area (TPSA) is 65.1 Å². The van der Waals surface area contributed by atoms with E-state index in [-0.39, 0.29) is 11.5 Å². The summed E-state index contributed by atoms with van der Waals surface area (Å²) >= 11 is 0. The van der Waals surface area contributed by atoms with E-state index in [1.54, 1.807) is 6.92 Å². The number of nitrogens with zero attached hydrogens (tertiary/aromatic N) is 1. The number of fused-ring (bicyclic) bond motifs is 1. The van der Waals surface area contributed by atoms with E-state index in [1.165, 1.54) is 0 Å². The number of nitrogens with two attached hydrogens (primary N) is 1. The molecule has 1 heterocycles. The van der Waals surface area contributed by atoms with E-state index in [4.69, 9.17) is 5.73 Å². The molecule has 5 heteroatoms. The zero-order chi connectivity index (χ0) is 14.9. The summed E-state index contributed by atoms with van der Waals surface area (Å²) in [5.74, 6) is 0.256. The van der Waals surface area contributed by atoms with Crippen molar-refractivity contribution in [1.82, 2.24) is 4.57 Å². The highest BCUT2D eigenvalue weighted by Gasteiger charge is 2.16. The van der Waals surface area contributed by atoms with Gasteiger partial charge >= 0.3 is 0 Å². The van der Waals surface area contributed by atoms with Gasteiger partial charge < -0.3 is 10.3 Å². The van der Waals surface area contributed by atoms with Gasteiger partial charge in [-0.1, -0.05) is 13.0 Å². The fourth-order valence-corrected chi connectivity index (χ4v) is 3.29. The van der Waals surface area contributed by atoms with E-state index in [0.717, 1.165) is 22.0 Å². The van der Waals surface area contributed by atoms with Crippen LogP contribution in [0.2, 0.25) is 0 Å². The van der Waals surface area contributed by atoms with Crippen LogP contribution in [0, 0.1) is 0 Å². The summed E-state index contributed by atoms with van der Waals surface area (Å²) < 4.78 is 25.9. The molecule has 1 aromatic carbocycles. The van der Waals surface area contributed by atoms with Crippen LogP contribution in [-0.4, -0.2) is 18.7 Å². The lowest BCUT2D eigenvalue weighted by Gasteiger charge is -2.09. The first-order chi connectivity index (χ1) is 9.38. The Hall–Kier alpha value is -1.33. The summed E-state index contributed by atoms with van der Waals surface area (Å²) in [6.45, 7) is 6.33. The SMILES string of the molecule is CCS(=O)(=O)Cc1cn(C(C)C)c2ccc(CN)cc12. The van der Waals surface area contributed by atoms with Crippen LogP contribution in [0.3, 0.4) is 0 Å². The van der Waals surface area contributed by atoms with Crippen molar-refractivity contribution in [3.05, 3.63) is 35.5 Å². The van der Waals surface area contributed by atoms with Crippen LogP contribution in [0.1, 0.15) is 37.9 Å². The maximum absolute atomic E-state index is 11.9. The molecule has 0 aliphatic carbocycles. The molecule has 0 aliphatic heterocycles. The molecule has 0 atom stereocenters. The minimum Gasteiger partial charge on any atom is -0.345 e. The zero-order valence-electron chi connectivity index (χ0n) is 12.3. The van der Waals surface area contributed by atoms with Gasteiger partial charge in [0.25, 0.3) is 0 Å². The lowest BCUT2D eigenvalue weighted by Crippen LogP contribution is -2.06. The minimum atomic E-state index is -3.04. The first-order valence-corrected chi connectivity index (χ1v) is 8.73. The number of benzene rings is 1. The molecular weight excluding hydrogens is 272 g/mol. The molecule has 2 aromatic rings. The predicted octanol–water partition coefficient (Wildman–Crippen LogP) is 2.62. The molecule has 0 amide bonds. The van der Waals surface area contributed by atoms with Gasteiger partial charge in [0.1, 0.15) is 0 Å². The molecule has 0 spiro atoms. The number of rotatable bonds is 5. The number of aromatic nitrogens is 1. The van der Waals surface area contributed by atoms with Gasteiger partial charge in [-0.15, -0.1) is 0 Å². The van der Waals surface area contributed by atoms with Gasteiger partial charge in [-0.05, 0) is 37.1 Å². The van der Waals surface area contributed by atoms with Gasteiger partial charge in [0, 0.05) is 35.4 Å². The average molecular weight is 294 g/mol. The van der Waals surface area contributed by atoms with Crippen LogP contribution < -0.4 is 5.73 Å². The fourth-order valence-electron chi connectivity index (χ4n) is 2.38. The summed E-state index contributed by atoms with van der Waals surface area (Å²) in [6.07, 6.45) is 1.96. The van der Waals surface area contributed by atoms with Crippen LogP contribution in [0.15, 0.2) is 24.4 Å². The second-order valence-electron chi connectivity index (χ2n) is 5.39. The standard InChI is InChI=1S/C15H22N2O2S/c1-4-20(18,19)10-13-9-17(11(2)3)15-6-5-12(8-16)7-14(13)15/h5-7,9,11H,4,8,10,16H2,1-3H3. The minimum absolute atomic E-state index is 0.0910. The summed E-state index contributed by atoms with van der Waals surface area (Å²) in [5, 5.41) is 0.999. The lowest BCUT2D eigenvalue weighted by atomic mass is 10.1. The van der Waals surface area contributed by atoms with Crippen molar-refractivity contribution >= 4 is 20.7 Å². The predicted molar refractivity (Wildman–Crippen MR) is 83.4 cm³/mol. The Kier molecular flexibility index (Phi) is 4.20. The Morgan fingerprint density at radius 2 is 2.00 bits per heavy atom. The highest BCUT2D eigenvalue weighted by atomic mass is 32.2. The highest BCUT2D eigenvalue weighted by molar-refractivity contribution is 7.90. The molecule has 20 heavy (non-hydrogen) atoms. The number of hydrogen-bond donors (Lipinski definition) is 1. The maximum atomic E-state index is 11.9. The molecule has 0 bridgehead atoms. The van der Waals surface area contributed by atoms with Crippen LogP contribution in [0.5, 0.6) is 0 Å². The fraction of sp³-hybridized carbons (Fsp3) is 0.467. The molecule has 0 saturated carbocycles. The number of sulfone groups is 1. The zero-order valence-corrected chi connectivity index (χ0v) is 13.1. The summed E-state index contributed by atoms with van der Waals surface area (Å²) in [4.78, 5) is 0. The Morgan fingerprint density at radius 3 is 2.55 bits per heavy atom. The van der Waals surface area contributed by atoms with Crippen molar-refractivity contribution in [2.24, 2.45) is 5.73 Å². The third-order valence-electron chi connectivity index (χ3n) is 3.59. The first-order valence-electron chi connectivity index (χ1n) is 6.90. The van der Waals surface area contributed by atoms with Gasteiger partial charge in [-0.25, -0.2) is 8.42 Å². The van der Waals surface area contributed by atoms with Gasteiger partial charge in [0.05, 0.1) is 5.75 Å². The van der Waals surface area contributed by atoms with E-state index in [9.17, 15) is 8.42 Å². The van der Waals surface area contributed by atoms with E-state index in [2.05, 4.69) is 18.4 Å². The molecular formula is C15H22N2O2S. The van der Waals surface area contributed by atoms with E-state index in [0.29, 0.717) is 12.6 Å². The van der Waals surface area contributed by atoms with Crippen molar-refractivity contribution in [2.75, 3.05) is 5.75 Å². The summed E-state index contributed by atoms with van der Waals surface area (Å²) in [5.41, 5.74) is 8.64. The molecule has 2 N–H and O–H groups in total. The van der Waals surface area contributed by atoms with Crippen molar-refractivity contribution in [3.63, 3.8) is 0 Å². The molecule has 0 fully saturated rings. The van der Waals surface area contributed by atoms with Crippen molar-refractivity contribution in [2.45, 2.75) is 39.1 Å². The molecule has 0 aliphatic rings. The summed E-state index contributed by atoms with van der Waals surface area (Å²) in [6, 6.07) is 6.33. The van der Waals surface area contributed by atoms with Gasteiger partial charge in [0.2, 0.25) is 0 Å². The maximum Gasteiger partial charge on any atom is 0.154 e. The number of hydrogen-bond acceptors (Lipinski definition) is 3. The van der Waals surface area contributed by atoms with Crippen LogP contribution in [0.4, 0.5) is 0 Å². The van der Waals surface area contributed by atoms with Crippen molar-refractivity contribution < 1.29 is 8.42 Å². The van der Waals surface area contributed by atoms with Gasteiger partial charge in [-0.2, -0.15) is 0 Å². The normalized spacial score (nSPS) is 12.4. The average Bonchev–Trinajstić information content (AvgIpc) is 2.76. The van der Waals surface area contributed by atoms with Crippen molar-refractivity contribution in [3.8, 4) is 0 Å². The van der Waals surface area contributed by atoms with E-state index in [1.807, 2.05) is 24.4 Å². The Bertz CT molecular complexity index is 715. The van der Waals surface area contributed by atoms with Crippen LogP contribution in [-0.2, 0) is 22.1 Å². The molecule has 4 nitrogen and oxygen atoms in total. The summed E-state index contributed by atoms with van der Waals surface area (Å²) in [7, 11) is -3.04. The highest BCUT2D eigenvalue weighted by Crippen LogP contribution is 2.27. The second kappa shape index (κ2) is 5.58. The molecule has 0 unspecified atom stereocenters. The van der Waals surface area contributed by atoms with Crippen molar-refractivity contribution in [1.29, 1.82) is 0 Å². The molecule has 2 rings (SSSR count). The monoisotopic (exact) mass is 294 g/mol. The smallest absolute Gasteiger partial charge is 0.154 e. The Balaban J connectivity index is 2.63. The van der Waals surface area contributed by atoms with E-state index < -0.39 is 9.84 Å². The molecule has 0 radical (unpaired) electrons. The lowest BCUT2D eigenvalue weighted by molar-refractivity contribution is 0.595. The largest absolute Gasteiger partial charge is 0.345 e. The van der Waals surface area contributed by atoms with E-state index >= 15 is 0 Å². The first kappa shape index (κ1) is 15.1. The third kappa shape index (κ3) is 2.88. The molecule has 110 valence electrons. The van der Waals surface area contributed by atoms with Crippen LogP contribution >= 0.6 is 0 Å². The molecule has 1 aromatic heterocycles. The second-order valence-corrected chi connectivity index (χ2v) is 7.74.